The number of aliphatic carboxylic acids is 1. The van der Waals surface area contributed by atoms with Crippen molar-refractivity contribution in [1.82, 2.24) is 5.32 Å². The lowest BCUT2D eigenvalue weighted by atomic mass is 9.92. The fraction of sp³-hybridized carbons (Fsp3) is 0.400. The number of carbonyl (C=O) groups is 2. The van der Waals surface area contributed by atoms with Gasteiger partial charge in [-0.15, -0.1) is 0 Å². The number of oxime groups is 1. The van der Waals surface area contributed by atoms with Crippen molar-refractivity contribution in [1.29, 1.82) is 0 Å². The number of hydrogen-bond acceptors (Lipinski definition) is 4. The summed E-state index contributed by atoms with van der Waals surface area (Å²) in [6.07, 6.45) is 1.96. The molecule has 6 nitrogen and oxygen atoms in total. The van der Waals surface area contributed by atoms with Gasteiger partial charge in [-0.05, 0) is 50.3 Å². The summed E-state index contributed by atoms with van der Waals surface area (Å²) >= 11 is 0. The van der Waals surface area contributed by atoms with Crippen molar-refractivity contribution in [3.8, 4) is 0 Å². The monoisotopic (exact) mass is 424 g/mol. The topological polar surface area (TPSA) is 88.0 Å². The standard InChI is InChI=1S/C25H32N2O4/c1-5-22(18(2)27-31-25(3,4)24(29)30)15-19-11-13-20(14-12-19)16-23(28)26-17-21-9-7-6-8-10-21/h6-14,22H,5,15-17H2,1-4H3,(H,26,28)(H,29,30)/b27-18+. The Hall–Kier alpha value is -3.15. The van der Waals surface area contributed by atoms with E-state index in [1.165, 1.54) is 13.8 Å². The molecule has 31 heavy (non-hydrogen) atoms. The molecule has 0 spiro atoms. The molecule has 0 saturated heterocycles. The van der Waals surface area contributed by atoms with E-state index in [0.29, 0.717) is 13.0 Å². The van der Waals surface area contributed by atoms with Gasteiger partial charge >= 0.3 is 5.97 Å². The van der Waals surface area contributed by atoms with Gasteiger partial charge in [-0.25, -0.2) is 4.79 Å². The maximum Gasteiger partial charge on any atom is 0.350 e. The summed E-state index contributed by atoms with van der Waals surface area (Å²) in [7, 11) is 0. The van der Waals surface area contributed by atoms with Crippen molar-refractivity contribution < 1.29 is 19.5 Å². The summed E-state index contributed by atoms with van der Waals surface area (Å²) in [6.45, 7) is 7.40. The first kappa shape index (κ1) is 24.1. The van der Waals surface area contributed by atoms with Crippen LogP contribution in [0.1, 0.15) is 50.8 Å². The van der Waals surface area contributed by atoms with E-state index in [1.54, 1.807) is 0 Å². The number of nitrogens with zero attached hydrogens (tertiary/aromatic N) is 1. The molecule has 0 bridgehead atoms. The Kier molecular flexibility index (Phi) is 8.79. The molecule has 0 saturated carbocycles. The van der Waals surface area contributed by atoms with Crippen molar-refractivity contribution in [3.05, 3.63) is 71.3 Å². The normalized spacial score (nSPS) is 12.8. The van der Waals surface area contributed by atoms with Gasteiger partial charge in [-0.2, -0.15) is 0 Å². The first-order chi connectivity index (χ1) is 14.7. The van der Waals surface area contributed by atoms with Gasteiger partial charge in [-0.3, -0.25) is 4.79 Å². The first-order valence-electron chi connectivity index (χ1n) is 10.6. The van der Waals surface area contributed by atoms with Crippen LogP contribution in [0, 0.1) is 5.92 Å². The van der Waals surface area contributed by atoms with Gasteiger partial charge in [0.25, 0.3) is 0 Å². The van der Waals surface area contributed by atoms with E-state index in [1.807, 2.05) is 61.5 Å². The molecule has 0 heterocycles. The van der Waals surface area contributed by atoms with E-state index in [0.717, 1.165) is 35.2 Å². The zero-order valence-corrected chi connectivity index (χ0v) is 18.7. The lowest BCUT2D eigenvalue weighted by molar-refractivity contribution is -0.161. The number of rotatable bonds is 11. The van der Waals surface area contributed by atoms with Gasteiger partial charge in [-0.1, -0.05) is 66.7 Å². The minimum atomic E-state index is -1.36. The van der Waals surface area contributed by atoms with E-state index >= 15 is 0 Å². The molecule has 2 N–H and O–H groups in total. The molecule has 2 aromatic carbocycles. The van der Waals surface area contributed by atoms with Gasteiger partial charge < -0.3 is 15.3 Å². The van der Waals surface area contributed by atoms with Crippen LogP contribution < -0.4 is 5.32 Å². The molecule has 0 aliphatic rings. The van der Waals surface area contributed by atoms with Crippen molar-refractivity contribution in [2.75, 3.05) is 0 Å². The van der Waals surface area contributed by atoms with Crippen molar-refractivity contribution >= 4 is 17.6 Å². The fourth-order valence-electron chi connectivity index (χ4n) is 3.01. The van der Waals surface area contributed by atoms with Gasteiger partial charge in [0.05, 0.1) is 12.1 Å². The first-order valence-corrected chi connectivity index (χ1v) is 10.6. The highest BCUT2D eigenvalue weighted by Crippen LogP contribution is 2.17. The van der Waals surface area contributed by atoms with Crippen LogP contribution in [-0.4, -0.2) is 28.3 Å². The maximum atomic E-state index is 12.2. The Morgan fingerprint density at radius 3 is 2.23 bits per heavy atom. The largest absolute Gasteiger partial charge is 0.478 e. The van der Waals surface area contributed by atoms with Crippen LogP contribution in [0.25, 0.3) is 0 Å². The summed E-state index contributed by atoms with van der Waals surface area (Å²) in [6, 6.07) is 17.8. The summed E-state index contributed by atoms with van der Waals surface area (Å²) in [4.78, 5) is 28.6. The van der Waals surface area contributed by atoms with E-state index < -0.39 is 11.6 Å². The average molecular weight is 425 g/mol. The Morgan fingerprint density at radius 1 is 1.03 bits per heavy atom. The molecule has 2 aromatic rings. The van der Waals surface area contributed by atoms with Crippen molar-refractivity contribution in [2.24, 2.45) is 11.1 Å². The maximum absolute atomic E-state index is 12.2. The molecule has 1 amide bonds. The Balaban J connectivity index is 1.89. The third kappa shape index (κ3) is 7.89. The van der Waals surface area contributed by atoms with Gasteiger partial charge in [0.1, 0.15) is 0 Å². The van der Waals surface area contributed by atoms with Gasteiger partial charge in [0.2, 0.25) is 11.5 Å². The highest BCUT2D eigenvalue weighted by atomic mass is 16.7. The Labute approximate surface area is 184 Å². The number of carboxylic acid groups (broad SMARTS) is 1. The van der Waals surface area contributed by atoms with E-state index in [-0.39, 0.29) is 11.8 Å². The predicted octanol–water partition coefficient (Wildman–Crippen LogP) is 4.37. The number of carbonyl (C=O) groups excluding carboxylic acids is 1. The average Bonchev–Trinajstić information content (AvgIpc) is 2.76. The molecular formula is C25H32N2O4. The predicted molar refractivity (Wildman–Crippen MR) is 122 cm³/mol. The zero-order chi connectivity index (χ0) is 22.9. The summed E-state index contributed by atoms with van der Waals surface area (Å²) in [5.74, 6) is -0.922. The second kappa shape index (κ2) is 11.3. The Bertz CT molecular complexity index is 889. The van der Waals surface area contributed by atoms with Crippen LogP contribution in [-0.2, 0) is 33.8 Å². The molecule has 2 rings (SSSR count). The molecule has 0 radical (unpaired) electrons. The van der Waals surface area contributed by atoms with Crippen LogP contribution >= 0.6 is 0 Å². The number of amides is 1. The SMILES string of the molecule is CCC(Cc1ccc(CC(=O)NCc2ccccc2)cc1)/C(C)=N/OC(C)(C)C(=O)O. The summed E-state index contributed by atoms with van der Waals surface area (Å²) in [5, 5.41) is 16.2. The molecule has 6 heteroatoms. The fourth-order valence-corrected chi connectivity index (χ4v) is 3.01. The third-order valence-corrected chi connectivity index (χ3v) is 5.22. The minimum absolute atomic E-state index is 0.00999. The molecule has 0 aliphatic carbocycles. The quantitative estimate of drug-likeness (QED) is 0.414. The second-order valence-corrected chi connectivity index (χ2v) is 8.20. The van der Waals surface area contributed by atoms with Crippen molar-refractivity contribution in [2.45, 2.75) is 59.1 Å². The molecule has 0 fully saturated rings. The van der Waals surface area contributed by atoms with Crippen molar-refractivity contribution in [3.63, 3.8) is 0 Å². The highest BCUT2D eigenvalue weighted by molar-refractivity contribution is 5.84. The van der Waals surface area contributed by atoms with E-state index in [4.69, 9.17) is 9.94 Å². The molecule has 1 atom stereocenters. The zero-order valence-electron chi connectivity index (χ0n) is 18.7. The number of benzene rings is 2. The van der Waals surface area contributed by atoms with Crippen LogP contribution in [0.3, 0.4) is 0 Å². The smallest absolute Gasteiger partial charge is 0.350 e. The van der Waals surface area contributed by atoms with Gasteiger partial charge in [0.15, 0.2) is 0 Å². The number of carboxylic acids is 1. The molecule has 1 unspecified atom stereocenters. The molecule has 0 aromatic heterocycles. The van der Waals surface area contributed by atoms with E-state index in [9.17, 15) is 9.59 Å². The molecule has 166 valence electrons. The highest BCUT2D eigenvalue weighted by Gasteiger charge is 2.30. The molecule has 0 aliphatic heterocycles. The van der Waals surface area contributed by atoms with Crippen LogP contribution in [0.5, 0.6) is 0 Å². The molecular weight excluding hydrogens is 392 g/mol. The van der Waals surface area contributed by atoms with Crippen LogP contribution in [0.15, 0.2) is 59.8 Å². The lowest BCUT2D eigenvalue weighted by Crippen LogP contribution is -2.33. The minimum Gasteiger partial charge on any atom is -0.478 e. The van der Waals surface area contributed by atoms with E-state index in [2.05, 4.69) is 17.4 Å². The van der Waals surface area contributed by atoms with Crippen LogP contribution in [0.4, 0.5) is 0 Å². The number of hydrogen-bond donors (Lipinski definition) is 2. The summed E-state index contributed by atoms with van der Waals surface area (Å²) in [5.41, 5.74) is 2.57. The lowest BCUT2D eigenvalue weighted by Gasteiger charge is -2.19. The number of nitrogens with one attached hydrogen (secondary N) is 1. The Morgan fingerprint density at radius 2 is 1.65 bits per heavy atom. The summed E-state index contributed by atoms with van der Waals surface area (Å²) < 4.78 is 0. The third-order valence-electron chi connectivity index (χ3n) is 5.22. The van der Waals surface area contributed by atoms with Gasteiger partial charge in [0, 0.05) is 12.5 Å². The second-order valence-electron chi connectivity index (χ2n) is 8.20. The van der Waals surface area contributed by atoms with Crippen LogP contribution in [0.2, 0.25) is 0 Å².